The van der Waals surface area contributed by atoms with Crippen LogP contribution in [0.1, 0.15) is 59.3 Å². The van der Waals surface area contributed by atoms with Crippen molar-refractivity contribution in [2.75, 3.05) is 6.67 Å². The van der Waals surface area contributed by atoms with Gasteiger partial charge in [-0.15, -0.1) is 0 Å². The zero-order valence-corrected chi connectivity index (χ0v) is 16.7. The third-order valence-electron chi connectivity index (χ3n) is 4.41. The molecule has 1 rings (SSSR count). The van der Waals surface area contributed by atoms with Crippen molar-refractivity contribution in [1.82, 2.24) is 5.12 Å². The third-order valence-corrected chi connectivity index (χ3v) is 19.9. The van der Waals surface area contributed by atoms with Crippen LogP contribution in [0.3, 0.4) is 0 Å². The van der Waals surface area contributed by atoms with E-state index < -0.39 is 18.4 Å². The first-order valence-electron chi connectivity index (χ1n) is 8.44. The molecule has 0 bridgehead atoms. The molecule has 122 valence electrons. The van der Waals surface area contributed by atoms with Gasteiger partial charge in [-0.3, -0.25) is 0 Å². The van der Waals surface area contributed by atoms with Crippen LogP contribution in [0.25, 0.3) is 0 Å². The van der Waals surface area contributed by atoms with E-state index in [1.54, 1.807) is 0 Å². The second-order valence-electron chi connectivity index (χ2n) is 6.10. The topological polar surface area (TPSA) is 15.6 Å². The molecule has 0 unspecified atom stereocenters. The molecule has 0 spiro atoms. The van der Waals surface area contributed by atoms with Crippen LogP contribution in [0.2, 0.25) is 13.3 Å². The van der Waals surface area contributed by atoms with Gasteiger partial charge in [0.05, 0.1) is 0 Å². The first-order chi connectivity index (χ1) is 10.1. The van der Waals surface area contributed by atoms with E-state index in [-0.39, 0.29) is 12.5 Å². The molecule has 0 atom stereocenters. The van der Waals surface area contributed by atoms with Crippen molar-refractivity contribution < 1.29 is 8.87 Å². The first kappa shape index (κ1) is 18.9. The molecule has 0 N–H and O–H groups in total. The molecule has 1 aliphatic rings. The van der Waals surface area contributed by atoms with Gasteiger partial charge < -0.3 is 0 Å². The molecule has 0 saturated heterocycles. The molecule has 0 amide bonds. The van der Waals surface area contributed by atoms with Crippen molar-refractivity contribution in [3.05, 3.63) is 9.54 Å². The second kappa shape index (κ2) is 9.80. The Morgan fingerprint density at radius 1 is 1.05 bits per heavy atom. The number of allylic oxidation sites excluding steroid dienone is 1. The molecule has 0 fully saturated rings. The molecule has 0 aromatic heterocycles. The van der Waals surface area contributed by atoms with Gasteiger partial charge in [0.2, 0.25) is 0 Å². The number of rotatable bonds is 10. The van der Waals surface area contributed by atoms with E-state index in [2.05, 4.69) is 25.8 Å². The average molecular weight is 407 g/mol. The monoisotopic (exact) mass is 408 g/mol. The van der Waals surface area contributed by atoms with Crippen molar-refractivity contribution >= 4 is 24.6 Å². The molecule has 1 heterocycles. The first-order valence-corrected chi connectivity index (χ1v) is 15.9. The summed E-state index contributed by atoms with van der Waals surface area (Å²) in [5.41, 5.74) is 0. The fourth-order valence-corrected chi connectivity index (χ4v) is 19.5. The van der Waals surface area contributed by atoms with Crippen LogP contribution in [-0.2, 0) is 0 Å². The van der Waals surface area contributed by atoms with Crippen LogP contribution in [-0.4, -0.2) is 36.4 Å². The van der Waals surface area contributed by atoms with Crippen LogP contribution < -0.4 is 0 Å². The Bertz CT molecular complexity index is 348. The van der Waals surface area contributed by atoms with Crippen LogP contribution in [0.4, 0.5) is 8.87 Å². The Hall–Kier alpha value is -0.131. The van der Waals surface area contributed by atoms with Gasteiger partial charge in [0.15, 0.2) is 0 Å². The predicted octanol–water partition coefficient (Wildman–Crippen LogP) is 5.78. The van der Waals surface area contributed by atoms with Crippen LogP contribution in [0.5, 0.6) is 0 Å². The van der Waals surface area contributed by atoms with Gasteiger partial charge in [-0.25, -0.2) is 0 Å². The summed E-state index contributed by atoms with van der Waals surface area (Å²) in [7, 11) is 0. The van der Waals surface area contributed by atoms with E-state index in [1.807, 2.05) is 0 Å². The van der Waals surface area contributed by atoms with Gasteiger partial charge in [-0.2, -0.15) is 0 Å². The number of nitrogens with zero attached hydrogens (tertiary/aromatic N) is 2. The van der Waals surface area contributed by atoms with Gasteiger partial charge in [0.25, 0.3) is 0 Å². The van der Waals surface area contributed by atoms with Crippen LogP contribution in [0.15, 0.2) is 14.5 Å². The molecule has 1 aliphatic heterocycles. The van der Waals surface area contributed by atoms with E-state index >= 15 is 0 Å². The van der Waals surface area contributed by atoms with Crippen molar-refractivity contribution in [2.24, 2.45) is 4.99 Å². The standard InChI is InChI=1S/C4H3F2N2.3C4H9.Sn/c5-4-1-7-3-8(6)2-4;3*1-3-4-2;/h1H,3H2;3*1,3-4H2,2H3;. The number of hydrogen-bond donors (Lipinski definition) is 0. The van der Waals surface area contributed by atoms with Crippen molar-refractivity contribution in [1.29, 1.82) is 0 Å². The molecular weight excluding hydrogens is 377 g/mol. The number of aliphatic imine (C=N–C) groups is 1. The van der Waals surface area contributed by atoms with Crippen molar-refractivity contribution in [3.8, 4) is 0 Å². The van der Waals surface area contributed by atoms with Crippen LogP contribution in [0, 0.1) is 0 Å². The van der Waals surface area contributed by atoms with E-state index in [4.69, 9.17) is 0 Å². The van der Waals surface area contributed by atoms with E-state index in [0.717, 1.165) is 51.8 Å². The normalized spacial score (nSPS) is 16.0. The van der Waals surface area contributed by atoms with Gasteiger partial charge in [0, 0.05) is 0 Å². The summed E-state index contributed by atoms with van der Waals surface area (Å²) < 4.78 is 32.4. The van der Waals surface area contributed by atoms with Crippen LogP contribution >= 0.6 is 0 Å². The summed E-state index contributed by atoms with van der Waals surface area (Å²) in [5, 5.41) is 0.631. The van der Waals surface area contributed by atoms with E-state index in [1.165, 1.54) is 6.21 Å². The quantitative estimate of drug-likeness (QED) is 0.331. The second-order valence-corrected chi connectivity index (χ2v) is 19.0. The molecule has 0 aromatic carbocycles. The maximum absolute atomic E-state index is 14.4. The third kappa shape index (κ3) is 5.22. The summed E-state index contributed by atoms with van der Waals surface area (Å²) in [4.78, 5) is 3.77. The molecular formula is C16H30F2N2Sn. The minimum atomic E-state index is -3.02. The fourth-order valence-electron chi connectivity index (χ4n) is 3.23. The van der Waals surface area contributed by atoms with Gasteiger partial charge in [0.1, 0.15) is 0 Å². The van der Waals surface area contributed by atoms with Gasteiger partial charge in [-0.1, -0.05) is 0 Å². The summed E-state index contributed by atoms with van der Waals surface area (Å²) in [6.45, 7) is 6.47. The van der Waals surface area contributed by atoms with Gasteiger partial charge >= 0.3 is 132 Å². The van der Waals surface area contributed by atoms with E-state index in [9.17, 15) is 8.87 Å². The Balaban J connectivity index is 3.13. The SMILES string of the molecule is CCC[CH2][Sn]([CH2]CCC)([CH2]CCC)[C]1=C(F)C=NCN1F. The summed E-state index contributed by atoms with van der Waals surface area (Å²) in [6.07, 6.45) is 7.87. The number of halogens is 2. The summed E-state index contributed by atoms with van der Waals surface area (Å²) >= 11 is -3.02. The van der Waals surface area contributed by atoms with E-state index in [0.29, 0.717) is 8.83 Å². The molecule has 0 saturated carbocycles. The Labute approximate surface area is 132 Å². The maximum atomic E-state index is 14.4. The fraction of sp³-hybridized carbons (Fsp3) is 0.812. The zero-order valence-electron chi connectivity index (χ0n) is 13.8. The van der Waals surface area contributed by atoms with Crippen molar-refractivity contribution in [2.45, 2.75) is 72.6 Å². The molecule has 21 heavy (non-hydrogen) atoms. The Morgan fingerprint density at radius 3 is 1.90 bits per heavy atom. The minimum absolute atomic E-state index is 0.0220. The zero-order chi connectivity index (χ0) is 15.7. The number of hydrogen-bond acceptors (Lipinski definition) is 2. The van der Waals surface area contributed by atoms with Gasteiger partial charge in [-0.05, 0) is 0 Å². The Morgan fingerprint density at radius 2 is 1.52 bits per heavy atom. The molecule has 0 aliphatic carbocycles. The predicted molar refractivity (Wildman–Crippen MR) is 89.3 cm³/mol. The average Bonchev–Trinajstić information content (AvgIpc) is 2.48. The molecule has 2 nitrogen and oxygen atoms in total. The van der Waals surface area contributed by atoms with Crippen molar-refractivity contribution in [3.63, 3.8) is 0 Å². The Kier molecular flexibility index (Phi) is 8.83. The number of unbranched alkanes of at least 4 members (excludes halogenated alkanes) is 3. The summed E-state index contributed by atoms with van der Waals surface area (Å²) in [5.74, 6) is -0.386. The molecule has 0 radical (unpaired) electrons. The molecule has 5 heteroatoms. The molecule has 0 aromatic rings. The summed E-state index contributed by atoms with van der Waals surface area (Å²) in [6, 6.07) is 0.